The van der Waals surface area contributed by atoms with E-state index in [1.54, 1.807) is 7.05 Å². The minimum absolute atomic E-state index is 0.0237. The van der Waals surface area contributed by atoms with Gasteiger partial charge in [-0.05, 0) is 48.5 Å². The zero-order chi connectivity index (χ0) is 16.4. The van der Waals surface area contributed by atoms with Gasteiger partial charge in [-0.25, -0.2) is 0 Å². The van der Waals surface area contributed by atoms with Gasteiger partial charge >= 0.3 is 0 Å². The third-order valence-corrected chi connectivity index (χ3v) is 3.78. The molecule has 0 aromatic carbocycles. The molecule has 1 rings (SSSR count). The first-order valence-electron chi connectivity index (χ1n) is 7.51. The van der Waals surface area contributed by atoms with E-state index < -0.39 is 5.41 Å². The third kappa shape index (κ3) is 4.30. The van der Waals surface area contributed by atoms with Crippen LogP contribution in [0.5, 0.6) is 0 Å². The molecule has 2 N–H and O–H groups in total. The molecule has 0 aliphatic rings. The predicted octanol–water partition coefficient (Wildman–Crippen LogP) is 2.37. The molecular formula is C16H30N4O. The van der Waals surface area contributed by atoms with Crippen molar-refractivity contribution >= 4 is 5.91 Å². The minimum atomic E-state index is -0.434. The summed E-state index contributed by atoms with van der Waals surface area (Å²) < 4.78 is 2.00. The number of amides is 1. The number of rotatable bonds is 5. The second kappa shape index (κ2) is 6.18. The molecule has 1 atom stereocenters. The molecule has 0 aliphatic carbocycles. The lowest BCUT2D eigenvalue weighted by molar-refractivity contribution is -0.128. The van der Waals surface area contributed by atoms with Gasteiger partial charge < -0.3 is 10.6 Å². The molecule has 1 heterocycles. The lowest BCUT2D eigenvalue weighted by Crippen LogP contribution is -2.42. The second-order valence-corrected chi connectivity index (χ2v) is 7.35. The average Bonchev–Trinajstić information content (AvgIpc) is 2.77. The third-order valence-electron chi connectivity index (χ3n) is 3.78. The van der Waals surface area contributed by atoms with Crippen LogP contribution in [-0.4, -0.2) is 29.3 Å². The van der Waals surface area contributed by atoms with Crippen LogP contribution in [0.2, 0.25) is 0 Å². The van der Waals surface area contributed by atoms with Crippen LogP contribution in [0, 0.1) is 12.3 Å². The van der Waals surface area contributed by atoms with Crippen LogP contribution in [0.1, 0.15) is 58.8 Å². The SMILES string of the molecule is CNC(=O)C(C)(C)CNC(C)c1cn(C(C)(C)C)nc1C. The van der Waals surface area contributed by atoms with Crippen molar-refractivity contribution in [2.24, 2.45) is 5.41 Å². The number of nitrogens with one attached hydrogen (secondary N) is 2. The highest BCUT2D eigenvalue weighted by atomic mass is 16.2. The fraction of sp³-hybridized carbons (Fsp3) is 0.750. The molecule has 0 spiro atoms. The number of nitrogens with zero attached hydrogens (tertiary/aromatic N) is 2. The Kier molecular flexibility index (Phi) is 5.20. The molecule has 120 valence electrons. The van der Waals surface area contributed by atoms with Crippen molar-refractivity contribution in [3.8, 4) is 0 Å². The van der Waals surface area contributed by atoms with E-state index in [1.807, 2.05) is 25.5 Å². The van der Waals surface area contributed by atoms with Crippen LogP contribution >= 0.6 is 0 Å². The summed E-state index contributed by atoms with van der Waals surface area (Å²) in [5, 5.41) is 10.8. The monoisotopic (exact) mass is 294 g/mol. The number of hydrogen-bond donors (Lipinski definition) is 2. The Labute approximate surface area is 128 Å². The zero-order valence-electron chi connectivity index (χ0n) is 14.7. The van der Waals surface area contributed by atoms with E-state index in [0.717, 1.165) is 5.69 Å². The first-order valence-corrected chi connectivity index (χ1v) is 7.51. The molecule has 0 saturated carbocycles. The fourth-order valence-corrected chi connectivity index (χ4v) is 2.18. The molecule has 21 heavy (non-hydrogen) atoms. The van der Waals surface area contributed by atoms with E-state index in [2.05, 4.69) is 49.6 Å². The van der Waals surface area contributed by atoms with Gasteiger partial charge in [0.25, 0.3) is 0 Å². The van der Waals surface area contributed by atoms with Crippen molar-refractivity contribution in [1.29, 1.82) is 0 Å². The quantitative estimate of drug-likeness (QED) is 0.876. The number of hydrogen-bond acceptors (Lipinski definition) is 3. The molecule has 1 aromatic rings. The largest absolute Gasteiger partial charge is 0.359 e. The van der Waals surface area contributed by atoms with Crippen molar-refractivity contribution in [1.82, 2.24) is 20.4 Å². The highest BCUT2D eigenvalue weighted by Crippen LogP contribution is 2.22. The van der Waals surface area contributed by atoms with Crippen LogP contribution in [0.4, 0.5) is 0 Å². The van der Waals surface area contributed by atoms with Crippen molar-refractivity contribution in [3.63, 3.8) is 0 Å². The Hall–Kier alpha value is -1.36. The van der Waals surface area contributed by atoms with Crippen molar-refractivity contribution in [2.45, 2.75) is 60.0 Å². The Balaban J connectivity index is 2.79. The van der Waals surface area contributed by atoms with E-state index >= 15 is 0 Å². The predicted molar refractivity (Wildman–Crippen MR) is 86.2 cm³/mol. The first-order chi connectivity index (χ1) is 9.49. The van der Waals surface area contributed by atoms with Gasteiger partial charge in [0, 0.05) is 31.4 Å². The number of carbonyl (C=O) groups is 1. The maximum atomic E-state index is 11.8. The molecule has 1 amide bonds. The molecule has 1 unspecified atom stereocenters. The smallest absolute Gasteiger partial charge is 0.226 e. The van der Waals surface area contributed by atoms with Gasteiger partial charge in [0.05, 0.1) is 16.6 Å². The highest BCUT2D eigenvalue weighted by molar-refractivity contribution is 5.81. The van der Waals surface area contributed by atoms with Gasteiger partial charge in [0.15, 0.2) is 0 Å². The maximum Gasteiger partial charge on any atom is 0.226 e. The van der Waals surface area contributed by atoms with E-state index in [-0.39, 0.29) is 17.5 Å². The summed E-state index contributed by atoms with van der Waals surface area (Å²) in [5.74, 6) is 0.0457. The van der Waals surface area contributed by atoms with Crippen molar-refractivity contribution in [2.75, 3.05) is 13.6 Å². The standard InChI is InChI=1S/C16H30N4O/c1-11(18-10-16(6,7)14(21)17-8)13-9-20(15(3,4)5)19-12(13)2/h9,11,18H,10H2,1-8H3,(H,17,21). The summed E-state index contributed by atoms with van der Waals surface area (Å²) in [4.78, 5) is 11.8. The molecule has 0 fully saturated rings. The summed E-state index contributed by atoms with van der Waals surface area (Å²) in [7, 11) is 1.67. The second-order valence-electron chi connectivity index (χ2n) is 7.35. The van der Waals surface area contributed by atoms with Gasteiger partial charge in [0.1, 0.15) is 0 Å². The van der Waals surface area contributed by atoms with Crippen LogP contribution in [0.25, 0.3) is 0 Å². The Morgan fingerprint density at radius 3 is 2.33 bits per heavy atom. The van der Waals surface area contributed by atoms with Crippen LogP contribution in [0.15, 0.2) is 6.20 Å². The topological polar surface area (TPSA) is 59.0 Å². The van der Waals surface area contributed by atoms with E-state index in [4.69, 9.17) is 0 Å². The lowest BCUT2D eigenvalue weighted by Gasteiger charge is -2.25. The molecule has 1 aromatic heterocycles. The number of aromatic nitrogens is 2. The molecule has 0 radical (unpaired) electrons. The molecule has 0 aliphatic heterocycles. The van der Waals surface area contributed by atoms with Gasteiger partial charge in [0.2, 0.25) is 5.91 Å². The summed E-state index contributed by atoms with van der Waals surface area (Å²) in [6.07, 6.45) is 2.10. The number of aryl methyl sites for hydroxylation is 1. The maximum absolute atomic E-state index is 11.8. The molecule has 0 saturated heterocycles. The van der Waals surface area contributed by atoms with E-state index in [0.29, 0.717) is 6.54 Å². The van der Waals surface area contributed by atoms with Gasteiger partial charge in [-0.3, -0.25) is 9.48 Å². The summed E-state index contributed by atoms with van der Waals surface area (Å²) in [6.45, 7) is 15.0. The number of carbonyl (C=O) groups excluding carboxylic acids is 1. The Morgan fingerprint density at radius 2 is 1.90 bits per heavy atom. The zero-order valence-corrected chi connectivity index (χ0v) is 14.7. The normalized spacial score (nSPS) is 14.1. The first kappa shape index (κ1) is 17.7. The molecule has 5 nitrogen and oxygen atoms in total. The summed E-state index contributed by atoms with van der Waals surface area (Å²) in [5.41, 5.74) is 1.75. The molecule has 5 heteroatoms. The molecular weight excluding hydrogens is 264 g/mol. The highest BCUT2D eigenvalue weighted by Gasteiger charge is 2.27. The minimum Gasteiger partial charge on any atom is -0.359 e. The van der Waals surface area contributed by atoms with Gasteiger partial charge in [-0.15, -0.1) is 0 Å². The van der Waals surface area contributed by atoms with Crippen LogP contribution in [-0.2, 0) is 10.3 Å². The fourth-order valence-electron chi connectivity index (χ4n) is 2.18. The van der Waals surface area contributed by atoms with E-state index in [1.165, 1.54) is 5.56 Å². The van der Waals surface area contributed by atoms with Gasteiger partial charge in [-0.2, -0.15) is 5.10 Å². The Morgan fingerprint density at radius 1 is 1.33 bits per heavy atom. The van der Waals surface area contributed by atoms with Crippen LogP contribution < -0.4 is 10.6 Å². The van der Waals surface area contributed by atoms with E-state index in [9.17, 15) is 4.79 Å². The van der Waals surface area contributed by atoms with Crippen molar-refractivity contribution in [3.05, 3.63) is 17.5 Å². The Bertz CT molecular complexity index is 497. The summed E-state index contributed by atoms with van der Waals surface area (Å²) >= 11 is 0. The molecule has 0 bridgehead atoms. The van der Waals surface area contributed by atoms with Crippen molar-refractivity contribution < 1.29 is 4.79 Å². The lowest BCUT2D eigenvalue weighted by atomic mass is 9.91. The van der Waals surface area contributed by atoms with Gasteiger partial charge in [-0.1, -0.05) is 0 Å². The van der Waals surface area contributed by atoms with Crippen LogP contribution in [0.3, 0.4) is 0 Å². The summed E-state index contributed by atoms with van der Waals surface area (Å²) in [6, 6.07) is 0.157. The average molecular weight is 294 g/mol.